The molecule has 1 atom stereocenters. The summed E-state index contributed by atoms with van der Waals surface area (Å²) < 4.78 is 4.97. The number of anilines is 1. The molecule has 0 amide bonds. The van der Waals surface area contributed by atoms with Crippen molar-refractivity contribution in [1.29, 1.82) is 0 Å². The molecule has 4 heteroatoms. The van der Waals surface area contributed by atoms with Crippen molar-refractivity contribution in [1.82, 2.24) is 0 Å². The summed E-state index contributed by atoms with van der Waals surface area (Å²) in [5.74, 6) is -0.918. The third-order valence-electron chi connectivity index (χ3n) is 1.94. The van der Waals surface area contributed by atoms with Crippen LogP contribution in [0.15, 0.2) is 24.3 Å². The average Bonchev–Trinajstić information content (AvgIpc) is 2.18. The van der Waals surface area contributed by atoms with Gasteiger partial charge in [0.25, 0.3) is 0 Å². The van der Waals surface area contributed by atoms with Crippen LogP contribution in [-0.2, 0) is 4.74 Å². The molecule has 0 fully saturated rings. The maximum absolute atomic E-state index is 10.7. The summed E-state index contributed by atoms with van der Waals surface area (Å²) in [7, 11) is 1.63. The van der Waals surface area contributed by atoms with Crippen LogP contribution in [0.1, 0.15) is 17.3 Å². The first kappa shape index (κ1) is 11.5. The Morgan fingerprint density at radius 3 is 2.93 bits per heavy atom. The van der Waals surface area contributed by atoms with Gasteiger partial charge in [0.15, 0.2) is 0 Å². The van der Waals surface area contributed by atoms with Gasteiger partial charge < -0.3 is 15.2 Å². The smallest absolute Gasteiger partial charge is 0.335 e. The average molecular weight is 209 g/mol. The quantitative estimate of drug-likeness (QED) is 0.776. The molecule has 1 unspecified atom stereocenters. The number of aromatic carboxylic acids is 1. The zero-order valence-electron chi connectivity index (χ0n) is 8.86. The van der Waals surface area contributed by atoms with Gasteiger partial charge in [-0.15, -0.1) is 0 Å². The molecule has 0 aliphatic heterocycles. The third-order valence-corrected chi connectivity index (χ3v) is 1.94. The summed E-state index contributed by atoms with van der Waals surface area (Å²) in [5, 5.41) is 11.9. The minimum atomic E-state index is -0.918. The Bertz CT molecular complexity index is 338. The van der Waals surface area contributed by atoms with Gasteiger partial charge in [0.2, 0.25) is 0 Å². The van der Waals surface area contributed by atoms with Gasteiger partial charge in [-0.3, -0.25) is 0 Å². The normalized spacial score (nSPS) is 12.1. The van der Waals surface area contributed by atoms with Crippen LogP contribution in [-0.4, -0.2) is 30.8 Å². The minimum Gasteiger partial charge on any atom is -0.478 e. The van der Waals surface area contributed by atoms with Crippen LogP contribution in [0.2, 0.25) is 0 Å². The Labute approximate surface area is 88.9 Å². The van der Waals surface area contributed by atoms with E-state index in [1.807, 2.05) is 13.0 Å². The monoisotopic (exact) mass is 209 g/mol. The third kappa shape index (κ3) is 3.59. The van der Waals surface area contributed by atoms with Crippen molar-refractivity contribution in [3.63, 3.8) is 0 Å². The standard InChI is InChI=1S/C11H15NO3/c1-8(7-15-2)12-10-5-3-4-9(6-10)11(13)14/h3-6,8,12H,7H2,1-2H3,(H,13,14). The molecule has 0 heterocycles. The number of carboxylic acid groups (broad SMARTS) is 1. The number of ether oxygens (including phenoxy) is 1. The van der Waals surface area contributed by atoms with Crippen molar-refractivity contribution in [2.24, 2.45) is 0 Å². The SMILES string of the molecule is COCC(C)Nc1cccc(C(=O)O)c1. The first-order chi connectivity index (χ1) is 7.13. The molecule has 1 rings (SSSR count). The predicted octanol–water partition coefficient (Wildman–Crippen LogP) is 1.83. The van der Waals surface area contributed by atoms with Crippen LogP contribution in [0, 0.1) is 0 Å². The number of methoxy groups -OCH3 is 1. The first-order valence-electron chi connectivity index (χ1n) is 4.72. The van der Waals surface area contributed by atoms with E-state index in [-0.39, 0.29) is 11.6 Å². The van der Waals surface area contributed by atoms with E-state index >= 15 is 0 Å². The first-order valence-corrected chi connectivity index (χ1v) is 4.72. The highest BCUT2D eigenvalue weighted by Crippen LogP contribution is 2.11. The van der Waals surface area contributed by atoms with E-state index < -0.39 is 5.97 Å². The molecule has 1 aromatic rings. The van der Waals surface area contributed by atoms with Crippen molar-refractivity contribution in [3.8, 4) is 0 Å². The summed E-state index contributed by atoms with van der Waals surface area (Å²) in [4.78, 5) is 10.7. The minimum absolute atomic E-state index is 0.152. The second kappa shape index (κ2) is 5.36. The van der Waals surface area contributed by atoms with Crippen LogP contribution in [0.4, 0.5) is 5.69 Å². The van der Waals surface area contributed by atoms with Gasteiger partial charge in [-0.1, -0.05) is 6.07 Å². The van der Waals surface area contributed by atoms with Gasteiger partial charge >= 0.3 is 5.97 Å². The molecular weight excluding hydrogens is 194 g/mol. The van der Waals surface area contributed by atoms with Crippen LogP contribution >= 0.6 is 0 Å². The lowest BCUT2D eigenvalue weighted by atomic mass is 10.2. The number of hydrogen-bond donors (Lipinski definition) is 2. The molecular formula is C11H15NO3. The van der Waals surface area contributed by atoms with Crippen molar-refractivity contribution in [2.75, 3.05) is 19.0 Å². The summed E-state index contributed by atoms with van der Waals surface area (Å²) in [6.45, 7) is 2.55. The van der Waals surface area contributed by atoms with Gasteiger partial charge in [0.05, 0.1) is 12.2 Å². The van der Waals surface area contributed by atoms with E-state index in [0.29, 0.717) is 6.61 Å². The molecule has 0 aliphatic carbocycles. The van der Waals surface area contributed by atoms with Gasteiger partial charge in [-0.2, -0.15) is 0 Å². The molecule has 0 saturated carbocycles. The molecule has 4 nitrogen and oxygen atoms in total. The Kier molecular flexibility index (Phi) is 4.12. The fourth-order valence-corrected chi connectivity index (χ4v) is 1.32. The molecule has 0 aromatic heterocycles. The summed E-state index contributed by atoms with van der Waals surface area (Å²) in [6, 6.07) is 6.87. The fraction of sp³-hybridized carbons (Fsp3) is 0.364. The van der Waals surface area contributed by atoms with Gasteiger partial charge in [-0.05, 0) is 25.1 Å². The summed E-state index contributed by atoms with van der Waals surface area (Å²) in [6.07, 6.45) is 0. The Hall–Kier alpha value is -1.55. The molecule has 0 radical (unpaired) electrons. The number of carbonyl (C=O) groups is 1. The van der Waals surface area contributed by atoms with Gasteiger partial charge in [-0.25, -0.2) is 4.79 Å². The van der Waals surface area contributed by atoms with E-state index in [4.69, 9.17) is 9.84 Å². The molecule has 1 aromatic carbocycles. The largest absolute Gasteiger partial charge is 0.478 e. The van der Waals surface area contributed by atoms with E-state index in [0.717, 1.165) is 5.69 Å². The summed E-state index contributed by atoms with van der Waals surface area (Å²) in [5.41, 5.74) is 1.07. The zero-order valence-corrected chi connectivity index (χ0v) is 8.86. The van der Waals surface area contributed by atoms with E-state index in [2.05, 4.69) is 5.32 Å². The van der Waals surface area contributed by atoms with E-state index in [1.54, 1.807) is 25.3 Å². The zero-order chi connectivity index (χ0) is 11.3. The van der Waals surface area contributed by atoms with Crippen LogP contribution in [0.3, 0.4) is 0 Å². The number of hydrogen-bond acceptors (Lipinski definition) is 3. The second-order valence-electron chi connectivity index (χ2n) is 3.39. The number of benzene rings is 1. The number of rotatable bonds is 5. The molecule has 15 heavy (non-hydrogen) atoms. The predicted molar refractivity (Wildman–Crippen MR) is 58.4 cm³/mol. The fourth-order valence-electron chi connectivity index (χ4n) is 1.32. The van der Waals surface area contributed by atoms with E-state index in [1.165, 1.54) is 0 Å². The molecule has 0 bridgehead atoms. The number of carboxylic acids is 1. The van der Waals surface area contributed by atoms with Crippen LogP contribution in [0.25, 0.3) is 0 Å². The molecule has 82 valence electrons. The van der Waals surface area contributed by atoms with Crippen LogP contribution < -0.4 is 5.32 Å². The van der Waals surface area contributed by atoms with Crippen molar-refractivity contribution in [2.45, 2.75) is 13.0 Å². The molecule has 0 aliphatic rings. The lowest BCUT2D eigenvalue weighted by molar-refractivity contribution is 0.0697. The topological polar surface area (TPSA) is 58.6 Å². The van der Waals surface area contributed by atoms with Crippen molar-refractivity contribution < 1.29 is 14.6 Å². The highest BCUT2D eigenvalue weighted by Gasteiger charge is 2.05. The highest BCUT2D eigenvalue weighted by molar-refractivity contribution is 5.88. The van der Waals surface area contributed by atoms with Crippen LogP contribution in [0.5, 0.6) is 0 Å². The Morgan fingerprint density at radius 1 is 1.60 bits per heavy atom. The lowest BCUT2D eigenvalue weighted by Gasteiger charge is -2.14. The summed E-state index contributed by atoms with van der Waals surface area (Å²) >= 11 is 0. The lowest BCUT2D eigenvalue weighted by Crippen LogP contribution is -2.20. The molecule has 0 saturated heterocycles. The van der Waals surface area contributed by atoms with Gasteiger partial charge in [0, 0.05) is 18.8 Å². The molecule has 0 spiro atoms. The van der Waals surface area contributed by atoms with Crippen molar-refractivity contribution >= 4 is 11.7 Å². The second-order valence-corrected chi connectivity index (χ2v) is 3.39. The van der Waals surface area contributed by atoms with E-state index in [9.17, 15) is 4.79 Å². The Morgan fingerprint density at radius 2 is 2.33 bits per heavy atom. The number of nitrogens with one attached hydrogen (secondary N) is 1. The maximum atomic E-state index is 10.7. The highest BCUT2D eigenvalue weighted by atomic mass is 16.5. The molecule has 2 N–H and O–H groups in total. The van der Waals surface area contributed by atoms with Crippen molar-refractivity contribution in [3.05, 3.63) is 29.8 Å². The van der Waals surface area contributed by atoms with Gasteiger partial charge in [0.1, 0.15) is 0 Å². The Balaban J connectivity index is 2.69. The maximum Gasteiger partial charge on any atom is 0.335 e.